The Balaban J connectivity index is 1.68. The lowest BCUT2D eigenvalue weighted by Gasteiger charge is -2.20. The molecule has 0 atom stereocenters. The number of piperidine rings is 1. The van der Waals surface area contributed by atoms with Crippen LogP contribution in [0.2, 0.25) is 0 Å². The standard InChI is InChI=1S/C14H18N4OS2/c1-8-9(2)21-14(16-8)18-12(19)11-7-20-13(17-11)10-3-5-15-6-4-10/h7,10,15H,3-6H2,1-2H3,(H,16,18,19). The molecule has 1 amide bonds. The summed E-state index contributed by atoms with van der Waals surface area (Å²) >= 11 is 3.08. The fourth-order valence-electron chi connectivity index (χ4n) is 2.34. The number of aryl methyl sites for hydroxylation is 2. The molecule has 5 nitrogen and oxygen atoms in total. The zero-order valence-corrected chi connectivity index (χ0v) is 13.7. The fourth-order valence-corrected chi connectivity index (χ4v) is 4.12. The van der Waals surface area contributed by atoms with Gasteiger partial charge in [-0.3, -0.25) is 10.1 Å². The van der Waals surface area contributed by atoms with E-state index in [0.29, 0.717) is 16.7 Å². The number of aromatic nitrogens is 2. The normalized spacial score (nSPS) is 16.1. The van der Waals surface area contributed by atoms with Gasteiger partial charge in [0.15, 0.2) is 5.13 Å². The molecule has 0 spiro atoms. The molecule has 1 fully saturated rings. The molecular formula is C14H18N4OS2. The summed E-state index contributed by atoms with van der Waals surface area (Å²) in [6.07, 6.45) is 2.19. The first-order chi connectivity index (χ1) is 10.1. The summed E-state index contributed by atoms with van der Waals surface area (Å²) in [5, 5.41) is 9.75. The molecule has 7 heteroatoms. The van der Waals surface area contributed by atoms with Gasteiger partial charge in [-0.1, -0.05) is 0 Å². The van der Waals surface area contributed by atoms with E-state index in [1.165, 1.54) is 11.3 Å². The molecule has 0 bridgehead atoms. The third-order valence-electron chi connectivity index (χ3n) is 3.69. The molecule has 112 valence electrons. The van der Waals surface area contributed by atoms with Crippen LogP contribution in [-0.2, 0) is 0 Å². The Kier molecular flexibility index (Phi) is 4.32. The monoisotopic (exact) mass is 322 g/mol. The minimum absolute atomic E-state index is 0.166. The molecule has 2 aromatic heterocycles. The van der Waals surface area contributed by atoms with Crippen molar-refractivity contribution in [1.29, 1.82) is 0 Å². The second-order valence-corrected chi connectivity index (χ2v) is 7.30. The van der Waals surface area contributed by atoms with Crippen molar-refractivity contribution < 1.29 is 4.79 Å². The van der Waals surface area contributed by atoms with Crippen LogP contribution in [0.25, 0.3) is 0 Å². The highest BCUT2D eigenvalue weighted by Crippen LogP contribution is 2.28. The maximum atomic E-state index is 12.2. The highest BCUT2D eigenvalue weighted by molar-refractivity contribution is 7.15. The molecule has 1 saturated heterocycles. The average Bonchev–Trinajstić information content (AvgIpc) is 3.08. The summed E-state index contributed by atoms with van der Waals surface area (Å²) in [5.74, 6) is 0.322. The SMILES string of the molecule is Cc1nc(NC(=O)c2csc(C3CCNCC3)n2)sc1C. The topological polar surface area (TPSA) is 66.9 Å². The fraction of sp³-hybridized carbons (Fsp3) is 0.500. The smallest absolute Gasteiger partial charge is 0.276 e. The number of anilines is 1. The Hall–Kier alpha value is -1.31. The number of amides is 1. The van der Waals surface area contributed by atoms with Crippen LogP contribution in [0.4, 0.5) is 5.13 Å². The molecule has 3 heterocycles. The average molecular weight is 322 g/mol. The van der Waals surface area contributed by atoms with Gasteiger partial charge in [-0.15, -0.1) is 22.7 Å². The molecule has 1 aliphatic heterocycles. The maximum absolute atomic E-state index is 12.2. The summed E-state index contributed by atoms with van der Waals surface area (Å²) in [6.45, 7) is 6.01. The third kappa shape index (κ3) is 3.30. The molecule has 0 aliphatic carbocycles. The zero-order chi connectivity index (χ0) is 14.8. The number of nitrogens with one attached hydrogen (secondary N) is 2. The Morgan fingerprint density at radius 1 is 1.33 bits per heavy atom. The molecule has 0 radical (unpaired) electrons. The van der Waals surface area contributed by atoms with Gasteiger partial charge in [-0.25, -0.2) is 9.97 Å². The predicted molar refractivity (Wildman–Crippen MR) is 86.5 cm³/mol. The van der Waals surface area contributed by atoms with Crippen LogP contribution in [0.15, 0.2) is 5.38 Å². The van der Waals surface area contributed by atoms with E-state index in [1.54, 1.807) is 11.3 Å². The largest absolute Gasteiger partial charge is 0.317 e. The molecule has 0 unspecified atom stereocenters. The summed E-state index contributed by atoms with van der Waals surface area (Å²) in [6, 6.07) is 0. The van der Waals surface area contributed by atoms with Gasteiger partial charge in [0, 0.05) is 16.2 Å². The highest BCUT2D eigenvalue weighted by Gasteiger charge is 2.20. The Morgan fingerprint density at radius 2 is 2.10 bits per heavy atom. The van der Waals surface area contributed by atoms with E-state index in [1.807, 2.05) is 19.2 Å². The zero-order valence-electron chi connectivity index (χ0n) is 12.1. The number of hydrogen-bond donors (Lipinski definition) is 2. The van der Waals surface area contributed by atoms with Crippen molar-refractivity contribution in [1.82, 2.24) is 15.3 Å². The predicted octanol–water partition coefficient (Wildman–Crippen LogP) is 2.94. The summed E-state index contributed by atoms with van der Waals surface area (Å²) < 4.78 is 0. The summed E-state index contributed by atoms with van der Waals surface area (Å²) in [4.78, 5) is 22.2. The van der Waals surface area contributed by atoms with Crippen LogP contribution in [0.1, 0.15) is 44.8 Å². The van der Waals surface area contributed by atoms with E-state index in [-0.39, 0.29) is 5.91 Å². The first-order valence-electron chi connectivity index (χ1n) is 7.05. The van der Waals surface area contributed by atoms with E-state index in [0.717, 1.165) is 41.5 Å². The second kappa shape index (κ2) is 6.21. The number of thiazole rings is 2. The molecule has 2 aromatic rings. The van der Waals surface area contributed by atoms with Crippen molar-refractivity contribution in [2.45, 2.75) is 32.6 Å². The summed E-state index contributed by atoms with van der Waals surface area (Å²) in [5.41, 5.74) is 1.46. The summed E-state index contributed by atoms with van der Waals surface area (Å²) in [7, 11) is 0. The van der Waals surface area contributed by atoms with Crippen LogP contribution in [-0.4, -0.2) is 29.0 Å². The first kappa shape index (κ1) is 14.6. The highest BCUT2D eigenvalue weighted by atomic mass is 32.1. The van der Waals surface area contributed by atoms with E-state index in [4.69, 9.17) is 0 Å². The molecule has 0 aromatic carbocycles. The van der Waals surface area contributed by atoms with Crippen molar-refractivity contribution >= 4 is 33.7 Å². The molecule has 2 N–H and O–H groups in total. The van der Waals surface area contributed by atoms with E-state index in [9.17, 15) is 4.79 Å². The Labute approximate surface area is 131 Å². The van der Waals surface area contributed by atoms with Crippen LogP contribution in [0.3, 0.4) is 0 Å². The van der Waals surface area contributed by atoms with Crippen molar-refractivity contribution in [3.05, 3.63) is 26.7 Å². The molecular weight excluding hydrogens is 304 g/mol. The minimum Gasteiger partial charge on any atom is -0.317 e. The quantitative estimate of drug-likeness (QED) is 0.912. The third-order valence-corrected chi connectivity index (χ3v) is 5.69. The maximum Gasteiger partial charge on any atom is 0.276 e. The van der Waals surface area contributed by atoms with Gasteiger partial charge in [0.25, 0.3) is 5.91 Å². The van der Waals surface area contributed by atoms with Crippen LogP contribution in [0.5, 0.6) is 0 Å². The second-order valence-electron chi connectivity index (χ2n) is 5.21. The van der Waals surface area contributed by atoms with Gasteiger partial charge < -0.3 is 5.32 Å². The van der Waals surface area contributed by atoms with Crippen molar-refractivity contribution in [2.24, 2.45) is 0 Å². The first-order valence-corrected chi connectivity index (χ1v) is 8.74. The molecule has 21 heavy (non-hydrogen) atoms. The number of nitrogens with zero attached hydrogens (tertiary/aromatic N) is 2. The van der Waals surface area contributed by atoms with Crippen LogP contribution in [0, 0.1) is 13.8 Å². The molecule has 3 rings (SSSR count). The molecule has 0 saturated carbocycles. The van der Waals surface area contributed by atoms with Crippen molar-refractivity contribution in [3.8, 4) is 0 Å². The van der Waals surface area contributed by atoms with Crippen molar-refractivity contribution in [2.75, 3.05) is 18.4 Å². The van der Waals surface area contributed by atoms with Gasteiger partial charge in [-0.05, 0) is 39.8 Å². The number of carbonyl (C=O) groups is 1. The van der Waals surface area contributed by atoms with E-state index in [2.05, 4.69) is 20.6 Å². The Morgan fingerprint density at radius 3 is 2.76 bits per heavy atom. The van der Waals surface area contributed by atoms with Crippen LogP contribution >= 0.6 is 22.7 Å². The van der Waals surface area contributed by atoms with Gasteiger partial charge in [0.1, 0.15) is 5.69 Å². The van der Waals surface area contributed by atoms with Gasteiger partial charge in [-0.2, -0.15) is 0 Å². The minimum atomic E-state index is -0.166. The van der Waals surface area contributed by atoms with E-state index >= 15 is 0 Å². The lowest BCUT2D eigenvalue weighted by Crippen LogP contribution is -2.26. The lowest BCUT2D eigenvalue weighted by atomic mass is 9.99. The van der Waals surface area contributed by atoms with Crippen molar-refractivity contribution in [3.63, 3.8) is 0 Å². The van der Waals surface area contributed by atoms with Crippen LogP contribution < -0.4 is 10.6 Å². The number of rotatable bonds is 3. The van der Waals surface area contributed by atoms with Gasteiger partial charge >= 0.3 is 0 Å². The van der Waals surface area contributed by atoms with Gasteiger partial charge in [0.05, 0.1) is 10.7 Å². The Bertz CT molecular complexity index is 624. The molecule has 1 aliphatic rings. The lowest BCUT2D eigenvalue weighted by molar-refractivity contribution is 0.102. The number of carbonyl (C=O) groups excluding carboxylic acids is 1. The number of hydrogen-bond acceptors (Lipinski definition) is 6. The van der Waals surface area contributed by atoms with E-state index < -0.39 is 0 Å². The van der Waals surface area contributed by atoms with Gasteiger partial charge in [0.2, 0.25) is 0 Å².